The predicted molar refractivity (Wildman–Crippen MR) is 99.7 cm³/mol. The Hall–Kier alpha value is -2.25. The van der Waals surface area contributed by atoms with Gasteiger partial charge in [-0.2, -0.15) is 0 Å². The Bertz CT molecular complexity index is 896. The number of nitrogens with zero attached hydrogens (tertiary/aromatic N) is 1. The third-order valence-electron chi connectivity index (χ3n) is 3.35. The van der Waals surface area contributed by atoms with Gasteiger partial charge in [-0.15, -0.1) is 11.3 Å². The van der Waals surface area contributed by atoms with Crippen LogP contribution < -0.4 is 10.1 Å². The number of ether oxygens (including phenoxy) is 1. The number of hydrogen-bond donors (Lipinski definition) is 1. The Balaban J connectivity index is 1.62. The van der Waals surface area contributed by atoms with E-state index in [0.717, 1.165) is 10.7 Å². The molecule has 0 radical (unpaired) electrons. The van der Waals surface area contributed by atoms with Crippen molar-refractivity contribution >= 4 is 38.9 Å². The van der Waals surface area contributed by atoms with Gasteiger partial charge >= 0.3 is 0 Å². The summed E-state index contributed by atoms with van der Waals surface area (Å²) in [4.78, 5) is 16.5. The van der Waals surface area contributed by atoms with Gasteiger partial charge in [-0.05, 0) is 49.4 Å². The molecule has 0 spiro atoms. The molecule has 25 heavy (non-hydrogen) atoms. The molecule has 7 heteroatoms. The number of hydrogen-bond acceptors (Lipinski definition) is 4. The van der Waals surface area contributed by atoms with Crippen molar-refractivity contribution < 1.29 is 13.9 Å². The zero-order valence-electron chi connectivity index (χ0n) is 13.3. The van der Waals surface area contributed by atoms with Gasteiger partial charge < -0.3 is 10.1 Å². The first-order valence-corrected chi connectivity index (χ1v) is 9.09. The van der Waals surface area contributed by atoms with E-state index in [9.17, 15) is 9.18 Å². The Morgan fingerprint density at radius 2 is 2.04 bits per heavy atom. The predicted octanol–water partition coefficient (Wildman–Crippen LogP) is 5.18. The minimum Gasteiger partial charge on any atom is -0.487 e. The second-order valence-electron chi connectivity index (χ2n) is 5.25. The van der Waals surface area contributed by atoms with Crippen molar-refractivity contribution in [1.82, 2.24) is 4.98 Å². The fourth-order valence-corrected chi connectivity index (χ4v) is 3.05. The third-order valence-corrected chi connectivity index (χ3v) is 4.66. The summed E-state index contributed by atoms with van der Waals surface area (Å²) in [5.41, 5.74) is 1.42. The van der Waals surface area contributed by atoms with Crippen LogP contribution in [0.1, 0.15) is 21.1 Å². The summed E-state index contributed by atoms with van der Waals surface area (Å²) >= 11 is 4.75. The number of nitrogens with one attached hydrogen (secondary N) is 1. The molecule has 0 aliphatic rings. The maximum absolute atomic E-state index is 13.8. The average Bonchev–Trinajstić information content (AvgIpc) is 3.01. The van der Waals surface area contributed by atoms with Crippen molar-refractivity contribution in [3.63, 3.8) is 0 Å². The van der Waals surface area contributed by atoms with Gasteiger partial charge in [0.15, 0.2) is 0 Å². The molecular weight excluding hydrogens is 407 g/mol. The molecule has 3 aromatic rings. The molecule has 4 nitrogen and oxygen atoms in total. The van der Waals surface area contributed by atoms with Gasteiger partial charge in [0.25, 0.3) is 5.91 Å². The van der Waals surface area contributed by atoms with E-state index in [1.54, 1.807) is 41.7 Å². The van der Waals surface area contributed by atoms with E-state index < -0.39 is 5.82 Å². The van der Waals surface area contributed by atoms with Gasteiger partial charge in [0.1, 0.15) is 18.2 Å². The first kappa shape index (κ1) is 17.6. The van der Waals surface area contributed by atoms with Crippen LogP contribution in [-0.4, -0.2) is 10.9 Å². The highest BCUT2D eigenvalue weighted by molar-refractivity contribution is 9.10. The molecule has 1 heterocycles. The maximum atomic E-state index is 13.8. The quantitative estimate of drug-likeness (QED) is 0.618. The van der Waals surface area contributed by atoms with E-state index >= 15 is 0 Å². The molecule has 0 saturated heterocycles. The molecule has 1 amide bonds. The van der Waals surface area contributed by atoms with Crippen molar-refractivity contribution in [1.29, 1.82) is 0 Å². The molecular formula is C18H14BrFN2O2S. The Morgan fingerprint density at radius 1 is 1.28 bits per heavy atom. The SMILES string of the molecule is Cc1nc(COc2ccc(C(=O)Nc3ccc(Br)cc3F)cc2)cs1. The molecule has 0 unspecified atom stereocenters. The van der Waals surface area contributed by atoms with Crippen molar-refractivity contribution in [2.24, 2.45) is 0 Å². The molecule has 0 saturated carbocycles. The third kappa shape index (κ3) is 4.64. The van der Waals surface area contributed by atoms with Crippen molar-refractivity contribution in [2.75, 3.05) is 5.32 Å². The number of halogens is 2. The van der Waals surface area contributed by atoms with Gasteiger partial charge in [-0.1, -0.05) is 15.9 Å². The number of aromatic nitrogens is 1. The molecule has 0 atom stereocenters. The lowest BCUT2D eigenvalue weighted by atomic mass is 10.2. The summed E-state index contributed by atoms with van der Waals surface area (Å²) in [6, 6.07) is 11.1. The summed E-state index contributed by atoms with van der Waals surface area (Å²) in [6.07, 6.45) is 0. The fraction of sp³-hybridized carbons (Fsp3) is 0.111. The Labute approximate surface area is 156 Å². The van der Waals surface area contributed by atoms with Crippen LogP contribution in [0.15, 0.2) is 52.3 Å². The molecule has 0 fully saturated rings. The summed E-state index contributed by atoms with van der Waals surface area (Å²) in [7, 11) is 0. The first-order chi connectivity index (χ1) is 12.0. The Morgan fingerprint density at radius 3 is 2.68 bits per heavy atom. The van der Waals surface area contributed by atoms with Crippen LogP contribution in [0.2, 0.25) is 0 Å². The highest BCUT2D eigenvalue weighted by Gasteiger charge is 2.10. The molecule has 1 N–H and O–H groups in total. The van der Waals surface area contributed by atoms with E-state index in [0.29, 0.717) is 22.4 Å². The number of carbonyl (C=O) groups excluding carboxylic acids is 1. The number of rotatable bonds is 5. The number of benzene rings is 2. The number of thiazole rings is 1. The van der Waals surface area contributed by atoms with E-state index in [1.165, 1.54) is 12.1 Å². The van der Waals surface area contributed by atoms with Crippen LogP contribution in [-0.2, 0) is 6.61 Å². The maximum Gasteiger partial charge on any atom is 0.255 e. The lowest BCUT2D eigenvalue weighted by molar-refractivity contribution is 0.102. The van der Waals surface area contributed by atoms with Gasteiger partial charge in [-0.25, -0.2) is 9.37 Å². The fourth-order valence-electron chi connectivity index (χ4n) is 2.12. The minimum atomic E-state index is -0.499. The van der Waals surface area contributed by atoms with Gasteiger partial charge in [0.05, 0.1) is 16.4 Å². The van der Waals surface area contributed by atoms with E-state index in [4.69, 9.17) is 4.74 Å². The minimum absolute atomic E-state index is 0.132. The summed E-state index contributed by atoms with van der Waals surface area (Å²) in [5.74, 6) is -0.249. The number of amides is 1. The van der Waals surface area contributed by atoms with Crippen LogP contribution in [0.5, 0.6) is 5.75 Å². The zero-order valence-corrected chi connectivity index (χ0v) is 15.7. The molecule has 2 aromatic carbocycles. The standard InChI is InChI=1S/C18H14BrFN2O2S/c1-11-21-14(10-25-11)9-24-15-5-2-12(3-6-15)18(23)22-17-7-4-13(19)8-16(17)20/h2-8,10H,9H2,1H3,(H,22,23). The lowest BCUT2D eigenvalue weighted by Crippen LogP contribution is -2.12. The topological polar surface area (TPSA) is 51.2 Å². The van der Waals surface area contributed by atoms with E-state index in [-0.39, 0.29) is 11.6 Å². The van der Waals surface area contributed by atoms with Gasteiger partial charge in [0.2, 0.25) is 0 Å². The zero-order chi connectivity index (χ0) is 17.8. The molecule has 128 valence electrons. The number of aryl methyl sites for hydroxylation is 1. The van der Waals surface area contributed by atoms with Crippen LogP contribution in [0, 0.1) is 12.7 Å². The molecule has 3 rings (SSSR count). The van der Waals surface area contributed by atoms with Crippen LogP contribution in [0.25, 0.3) is 0 Å². The smallest absolute Gasteiger partial charge is 0.255 e. The summed E-state index contributed by atoms with van der Waals surface area (Å²) in [6.45, 7) is 2.32. The summed E-state index contributed by atoms with van der Waals surface area (Å²) < 4.78 is 20.0. The second kappa shape index (κ2) is 7.76. The first-order valence-electron chi connectivity index (χ1n) is 7.41. The van der Waals surface area contributed by atoms with Gasteiger partial charge in [0, 0.05) is 15.4 Å². The number of anilines is 1. The molecule has 0 bridgehead atoms. The van der Waals surface area contributed by atoms with Crippen LogP contribution in [0.4, 0.5) is 10.1 Å². The van der Waals surface area contributed by atoms with Gasteiger partial charge in [-0.3, -0.25) is 4.79 Å². The van der Waals surface area contributed by atoms with E-state index in [1.807, 2.05) is 12.3 Å². The highest BCUT2D eigenvalue weighted by Crippen LogP contribution is 2.21. The van der Waals surface area contributed by atoms with E-state index in [2.05, 4.69) is 26.2 Å². The normalized spacial score (nSPS) is 10.5. The number of carbonyl (C=O) groups is 1. The van der Waals surface area contributed by atoms with Crippen molar-refractivity contribution in [3.05, 3.63) is 74.4 Å². The highest BCUT2D eigenvalue weighted by atomic mass is 79.9. The van der Waals surface area contributed by atoms with Crippen LogP contribution in [0.3, 0.4) is 0 Å². The summed E-state index contributed by atoms with van der Waals surface area (Å²) in [5, 5.41) is 5.49. The molecule has 0 aliphatic heterocycles. The Kier molecular flexibility index (Phi) is 5.45. The largest absolute Gasteiger partial charge is 0.487 e. The van der Waals surface area contributed by atoms with Crippen molar-refractivity contribution in [2.45, 2.75) is 13.5 Å². The lowest BCUT2D eigenvalue weighted by Gasteiger charge is -2.08. The molecule has 1 aromatic heterocycles. The van der Waals surface area contributed by atoms with Crippen molar-refractivity contribution in [3.8, 4) is 5.75 Å². The van der Waals surface area contributed by atoms with Crippen LogP contribution >= 0.6 is 27.3 Å². The molecule has 0 aliphatic carbocycles. The second-order valence-corrected chi connectivity index (χ2v) is 7.23. The average molecular weight is 421 g/mol. The monoisotopic (exact) mass is 420 g/mol.